The largest absolute Gasteiger partial charge is 0.496 e. The lowest BCUT2D eigenvalue weighted by atomic mass is 10.2. The van der Waals surface area contributed by atoms with Crippen molar-refractivity contribution >= 4 is 17.7 Å². The fraction of sp³-hybridized carbons (Fsp3) is 0.588. The van der Waals surface area contributed by atoms with Crippen LogP contribution in [0.1, 0.15) is 27.7 Å². The zero-order valence-corrected chi connectivity index (χ0v) is 15.2. The van der Waals surface area contributed by atoms with Gasteiger partial charge in [-0.25, -0.2) is 0 Å². The van der Waals surface area contributed by atoms with Gasteiger partial charge in [0.05, 0.1) is 7.11 Å². The van der Waals surface area contributed by atoms with E-state index in [0.29, 0.717) is 12.0 Å². The number of guanidine groups is 1. The second-order valence-corrected chi connectivity index (χ2v) is 6.65. The minimum Gasteiger partial charge on any atom is -0.496 e. The third-order valence-electron chi connectivity index (χ3n) is 2.92. The maximum Gasteiger partial charge on any atom is 0.191 e. The maximum absolute atomic E-state index is 5.38. The van der Waals surface area contributed by atoms with Gasteiger partial charge in [0.25, 0.3) is 0 Å². The van der Waals surface area contributed by atoms with E-state index in [2.05, 4.69) is 49.4 Å². The fourth-order valence-electron chi connectivity index (χ4n) is 1.86. The number of thioether (sulfide) groups is 1. The molecule has 124 valence electrons. The number of hydrogen-bond donors (Lipinski definition) is 2. The van der Waals surface area contributed by atoms with Crippen molar-refractivity contribution in [2.24, 2.45) is 10.9 Å². The number of rotatable bonds is 8. The first-order valence-electron chi connectivity index (χ1n) is 7.87. The summed E-state index contributed by atoms with van der Waals surface area (Å²) in [5.41, 5.74) is 0. The Morgan fingerprint density at radius 1 is 1.27 bits per heavy atom. The average Bonchev–Trinajstić information content (AvgIpc) is 2.50. The Bertz CT molecular complexity index is 463. The third-order valence-corrected chi connectivity index (χ3v) is 4.31. The molecule has 1 aromatic carbocycles. The van der Waals surface area contributed by atoms with E-state index in [1.54, 1.807) is 7.11 Å². The molecule has 0 heterocycles. The summed E-state index contributed by atoms with van der Waals surface area (Å²) in [5.74, 6) is 3.35. The molecule has 1 unspecified atom stereocenters. The zero-order chi connectivity index (χ0) is 16.4. The molecule has 22 heavy (non-hydrogen) atoms. The van der Waals surface area contributed by atoms with Crippen LogP contribution in [0.4, 0.5) is 0 Å². The van der Waals surface area contributed by atoms with Crippen LogP contribution in [0.25, 0.3) is 0 Å². The van der Waals surface area contributed by atoms with Crippen molar-refractivity contribution in [2.45, 2.75) is 38.6 Å². The molecule has 0 aliphatic carbocycles. The molecule has 5 heteroatoms. The Morgan fingerprint density at radius 2 is 2.00 bits per heavy atom. The van der Waals surface area contributed by atoms with Crippen LogP contribution < -0.4 is 15.4 Å². The number of benzene rings is 1. The number of para-hydroxylation sites is 1. The van der Waals surface area contributed by atoms with Crippen LogP contribution in [-0.4, -0.2) is 38.0 Å². The normalized spacial score (nSPS) is 13.1. The minimum atomic E-state index is 0.385. The minimum absolute atomic E-state index is 0.385. The van der Waals surface area contributed by atoms with Crippen LogP contribution in [-0.2, 0) is 0 Å². The molecule has 0 saturated heterocycles. The first-order valence-corrected chi connectivity index (χ1v) is 8.86. The monoisotopic (exact) mass is 323 g/mol. The topological polar surface area (TPSA) is 45.7 Å². The quantitative estimate of drug-likeness (QED) is 0.437. The van der Waals surface area contributed by atoms with Gasteiger partial charge < -0.3 is 15.4 Å². The maximum atomic E-state index is 5.38. The van der Waals surface area contributed by atoms with Crippen LogP contribution in [0.5, 0.6) is 5.75 Å². The van der Waals surface area contributed by atoms with Crippen LogP contribution in [0.3, 0.4) is 0 Å². The molecule has 0 aromatic heterocycles. The number of hydrogen-bond acceptors (Lipinski definition) is 3. The van der Waals surface area contributed by atoms with Gasteiger partial charge in [0, 0.05) is 29.8 Å². The lowest BCUT2D eigenvalue weighted by molar-refractivity contribution is 0.405. The summed E-state index contributed by atoms with van der Waals surface area (Å²) in [7, 11) is 1.72. The van der Waals surface area contributed by atoms with Crippen molar-refractivity contribution in [3.05, 3.63) is 24.3 Å². The highest BCUT2D eigenvalue weighted by Gasteiger charge is 2.07. The second-order valence-electron chi connectivity index (χ2n) is 5.59. The second kappa shape index (κ2) is 10.4. The number of aliphatic imine (C=N–C) groups is 1. The fourth-order valence-corrected chi connectivity index (χ4v) is 2.90. The average molecular weight is 324 g/mol. The summed E-state index contributed by atoms with van der Waals surface area (Å²) in [4.78, 5) is 5.85. The summed E-state index contributed by atoms with van der Waals surface area (Å²) in [5, 5.41) is 6.61. The lowest BCUT2D eigenvalue weighted by Crippen LogP contribution is -2.41. The molecular weight excluding hydrogens is 294 g/mol. The third kappa shape index (κ3) is 7.07. The molecule has 1 rings (SSSR count). The van der Waals surface area contributed by atoms with Crippen molar-refractivity contribution < 1.29 is 4.74 Å². The van der Waals surface area contributed by atoms with Gasteiger partial charge in [-0.3, -0.25) is 4.99 Å². The highest BCUT2D eigenvalue weighted by Crippen LogP contribution is 2.29. The van der Waals surface area contributed by atoms with Crippen LogP contribution >= 0.6 is 11.8 Å². The summed E-state index contributed by atoms with van der Waals surface area (Å²) in [6.07, 6.45) is 0. The van der Waals surface area contributed by atoms with E-state index in [-0.39, 0.29) is 0 Å². The highest BCUT2D eigenvalue weighted by molar-refractivity contribution is 7.99. The Labute approximate surface area is 139 Å². The number of nitrogens with one attached hydrogen (secondary N) is 2. The van der Waals surface area contributed by atoms with Crippen LogP contribution in [0.2, 0.25) is 0 Å². The Hall–Kier alpha value is -1.36. The van der Waals surface area contributed by atoms with Gasteiger partial charge in [-0.1, -0.05) is 19.1 Å². The van der Waals surface area contributed by atoms with E-state index in [4.69, 9.17) is 4.74 Å². The van der Waals surface area contributed by atoms with Gasteiger partial charge in [0.1, 0.15) is 5.75 Å². The molecule has 2 N–H and O–H groups in total. The SMILES string of the molecule is CCNC(=NCC(C)CSc1ccccc1OC)NC(C)C. The van der Waals surface area contributed by atoms with Gasteiger partial charge in [0.15, 0.2) is 5.96 Å². The van der Waals surface area contributed by atoms with Gasteiger partial charge in [-0.15, -0.1) is 11.8 Å². The van der Waals surface area contributed by atoms with E-state index in [1.807, 2.05) is 30.0 Å². The van der Waals surface area contributed by atoms with Crippen molar-refractivity contribution in [1.29, 1.82) is 0 Å². The Balaban J connectivity index is 2.49. The standard InChI is InChI=1S/C17H29N3OS/c1-6-18-17(20-13(2)3)19-11-14(4)12-22-16-10-8-7-9-15(16)21-5/h7-10,13-14H,6,11-12H2,1-5H3,(H2,18,19,20). The summed E-state index contributed by atoms with van der Waals surface area (Å²) < 4.78 is 5.38. The first-order chi connectivity index (χ1) is 10.6. The lowest BCUT2D eigenvalue weighted by Gasteiger charge is -2.15. The van der Waals surface area contributed by atoms with E-state index in [9.17, 15) is 0 Å². The van der Waals surface area contributed by atoms with Gasteiger partial charge in [-0.2, -0.15) is 0 Å². The van der Waals surface area contributed by atoms with E-state index >= 15 is 0 Å². The van der Waals surface area contributed by atoms with Crippen LogP contribution in [0, 0.1) is 5.92 Å². The van der Waals surface area contributed by atoms with E-state index in [1.165, 1.54) is 4.90 Å². The summed E-state index contributed by atoms with van der Waals surface area (Å²) in [6, 6.07) is 8.53. The first kappa shape index (κ1) is 18.7. The molecule has 0 amide bonds. The number of nitrogens with zero attached hydrogens (tertiary/aromatic N) is 1. The van der Waals surface area contributed by atoms with Crippen molar-refractivity contribution in [1.82, 2.24) is 10.6 Å². The molecule has 1 atom stereocenters. The van der Waals surface area contributed by atoms with Crippen molar-refractivity contribution in [3.8, 4) is 5.75 Å². The molecule has 0 radical (unpaired) electrons. The zero-order valence-electron chi connectivity index (χ0n) is 14.3. The molecule has 0 saturated carbocycles. The van der Waals surface area contributed by atoms with Crippen molar-refractivity contribution in [2.75, 3.05) is 26.0 Å². The Morgan fingerprint density at radius 3 is 2.64 bits per heavy atom. The van der Waals surface area contributed by atoms with Gasteiger partial charge in [-0.05, 0) is 38.8 Å². The molecule has 4 nitrogen and oxygen atoms in total. The molecule has 0 fully saturated rings. The molecular formula is C17H29N3OS. The molecule has 0 aliphatic heterocycles. The molecule has 0 bridgehead atoms. The predicted molar refractivity (Wildman–Crippen MR) is 97.1 cm³/mol. The van der Waals surface area contributed by atoms with E-state index < -0.39 is 0 Å². The number of ether oxygens (including phenoxy) is 1. The Kier molecular flexibility index (Phi) is 8.82. The molecule has 0 aliphatic rings. The van der Waals surface area contributed by atoms with Gasteiger partial charge >= 0.3 is 0 Å². The number of methoxy groups -OCH3 is 1. The highest BCUT2D eigenvalue weighted by atomic mass is 32.2. The van der Waals surface area contributed by atoms with Crippen molar-refractivity contribution in [3.63, 3.8) is 0 Å². The van der Waals surface area contributed by atoms with E-state index in [0.717, 1.165) is 30.6 Å². The smallest absolute Gasteiger partial charge is 0.191 e. The predicted octanol–water partition coefficient (Wildman–Crippen LogP) is 3.39. The summed E-state index contributed by atoms with van der Waals surface area (Å²) >= 11 is 1.82. The molecule has 1 aromatic rings. The van der Waals surface area contributed by atoms with Gasteiger partial charge in [0.2, 0.25) is 0 Å². The summed E-state index contributed by atoms with van der Waals surface area (Å²) in [6.45, 7) is 10.2. The van der Waals surface area contributed by atoms with Crippen LogP contribution in [0.15, 0.2) is 34.2 Å². The molecule has 0 spiro atoms.